The summed E-state index contributed by atoms with van der Waals surface area (Å²) in [5, 5.41) is 5.79. The molecule has 26 heavy (non-hydrogen) atoms. The first-order valence-electron chi connectivity index (χ1n) is 8.04. The fraction of sp³-hybridized carbons (Fsp3) is 0.0500. The molecule has 5 nitrogen and oxygen atoms in total. The normalized spacial score (nSPS) is 10.6. The van der Waals surface area contributed by atoms with Gasteiger partial charge >= 0.3 is 0 Å². The molecule has 0 spiro atoms. The Morgan fingerprint density at radius 3 is 2.88 bits per heavy atom. The highest BCUT2D eigenvalue weighted by Gasteiger charge is 2.10. The largest absolute Gasteiger partial charge is 0.487 e. The lowest BCUT2D eigenvalue weighted by Gasteiger charge is -2.10. The highest BCUT2D eigenvalue weighted by molar-refractivity contribution is 7.07. The number of nitrogens with zero attached hydrogens (tertiary/aromatic N) is 2. The van der Waals surface area contributed by atoms with E-state index in [4.69, 9.17) is 4.74 Å². The molecular weight excluding hydrogens is 346 g/mol. The van der Waals surface area contributed by atoms with E-state index in [1.54, 1.807) is 29.9 Å². The molecule has 4 rings (SSSR count). The van der Waals surface area contributed by atoms with Crippen molar-refractivity contribution in [3.05, 3.63) is 82.9 Å². The first-order chi connectivity index (χ1) is 12.8. The summed E-state index contributed by atoms with van der Waals surface area (Å²) >= 11 is 1.52. The van der Waals surface area contributed by atoms with Crippen LogP contribution in [0.25, 0.3) is 10.9 Å². The molecule has 1 amide bonds. The number of benzene rings is 2. The summed E-state index contributed by atoms with van der Waals surface area (Å²) in [7, 11) is 0. The highest BCUT2D eigenvalue weighted by atomic mass is 32.1. The van der Waals surface area contributed by atoms with Crippen molar-refractivity contribution in [2.75, 3.05) is 5.32 Å². The quantitative estimate of drug-likeness (QED) is 0.567. The molecule has 2 aromatic heterocycles. The third-order valence-electron chi connectivity index (χ3n) is 3.86. The van der Waals surface area contributed by atoms with Crippen LogP contribution >= 0.6 is 11.3 Å². The Hall–Kier alpha value is -3.25. The van der Waals surface area contributed by atoms with Gasteiger partial charge in [-0.25, -0.2) is 4.98 Å². The molecule has 128 valence electrons. The molecular formula is C20H15N3O2S. The van der Waals surface area contributed by atoms with E-state index in [-0.39, 0.29) is 5.91 Å². The van der Waals surface area contributed by atoms with Gasteiger partial charge < -0.3 is 10.1 Å². The summed E-state index contributed by atoms with van der Waals surface area (Å²) in [4.78, 5) is 21.1. The molecule has 0 aliphatic heterocycles. The number of aromatic nitrogens is 2. The molecule has 0 saturated carbocycles. The van der Waals surface area contributed by atoms with Gasteiger partial charge in [-0.15, -0.1) is 11.3 Å². The summed E-state index contributed by atoms with van der Waals surface area (Å²) in [6, 6.07) is 16.6. The fourth-order valence-corrected chi connectivity index (χ4v) is 3.14. The number of carbonyl (C=O) groups is 1. The average molecular weight is 361 g/mol. The molecule has 2 heterocycles. The Kier molecular flexibility index (Phi) is 4.57. The summed E-state index contributed by atoms with van der Waals surface area (Å²) in [5.74, 6) is 0.436. The number of ether oxygens (including phenoxy) is 1. The van der Waals surface area contributed by atoms with E-state index in [1.807, 2.05) is 41.8 Å². The Morgan fingerprint density at radius 2 is 2.00 bits per heavy atom. The fourth-order valence-electron chi connectivity index (χ4n) is 2.60. The van der Waals surface area contributed by atoms with Crippen LogP contribution in [0.15, 0.2) is 71.7 Å². The van der Waals surface area contributed by atoms with Gasteiger partial charge in [0, 0.05) is 22.5 Å². The number of anilines is 1. The van der Waals surface area contributed by atoms with Crippen LogP contribution < -0.4 is 10.1 Å². The van der Waals surface area contributed by atoms with Crippen LogP contribution in [0.3, 0.4) is 0 Å². The van der Waals surface area contributed by atoms with Gasteiger partial charge in [-0.2, -0.15) is 0 Å². The van der Waals surface area contributed by atoms with E-state index in [0.29, 0.717) is 17.9 Å². The molecule has 1 N–H and O–H groups in total. The van der Waals surface area contributed by atoms with Crippen LogP contribution in [0.1, 0.15) is 16.1 Å². The van der Waals surface area contributed by atoms with Crippen molar-refractivity contribution in [1.82, 2.24) is 9.97 Å². The first kappa shape index (κ1) is 16.2. The molecule has 0 atom stereocenters. The zero-order valence-corrected chi connectivity index (χ0v) is 14.6. The summed E-state index contributed by atoms with van der Waals surface area (Å²) < 4.78 is 5.72. The maximum atomic E-state index is 12.6. The zero-order chi connectivity index (χ0) is 17.8. The Labute approximate surface area is 154 Å². The van der Waals surface area contributed by atoms with Gasteiger partial charge in [0.25, 0.3) is 5.91 Å². The van der Waals surface area contributed by atoms with Gasteiger partial charge in [-0.3, -0.25) is 9.78 Å². The van der Waals surface area contributed by atoms with Crippen molar-refractivity contribution in [2.45, 2.75) is 6.61 Å². The van der Waals surface area contributed by atoms with Crippen molar-refractivity contribution < 1.29 is 9.53 Å². The van der Waals surface area contributed by atoms with E-state index in [9.17, 15) is 4.79 Å². The molecule has 0 fully saturated rings. The SMILES string of the molecule is O=C(Nc1cccc2ncccc12)c1cccc(OCc2cscn2)c1. The molecule has 0 radical (unpaired) electrons. The third-order valence-corrected chi connectivity index (χ3v) is 4.50. The highest BCUT2D eigenvalue weighted by Crippen LogP contribution is 2.23. The van der Waals surface area contributed by atoms with E-state index >= 15 is 0 Å². The van der Waals surface area contributed by atoms with Crippen LogP contribution in [-0.4, -0.2) is 15.9 Å². The Morgan fingerprint density at radius 1 is 1.08 bits per heavy atom. The second-order valence-corrected chi connectivity index (χ2v) is 6.34. The number of nitrogens with one attached hydrogen (secondary N) is 1. The lowest BCUT2D eigenvalue weighted by molar-refractivity contribution is 0.102. The minimum absolute atomic E-state index is 0.194. The number of amides is 1. The number of rotatable bonds is 5. The van der Waals surface area contributed by atoms with Gasteiger partial charge in [0.15, 0.2) is 0 Å². The van der Waals surface area contributed by atoms with Crippen LogP contribution in [0.5, 0.6) is 5.75 Å². The molecule has 6 heteroatoms. The summed E-state index contributed by atoms with van der Waals surface area (Å²) in [6.45, 7) is 0.379. The van der Waals surface area contributed by atoms with Crippen LogP contribution in [0.2, 0.25) is 0 Å². The van der Waals surface area contributed by atoms with Crippen LogP contribution in [0.4, 0.5) is 5.69 Å². The number of fused-ring (bicyclic) bond motifs is 1. The van der Waals surface area contributed by atoms with E-state index < -0.39 is 0 Å². The van der Waals surface area contributed by atoms with E-state index in [0.717, 1.165) is 22.3 Å². The molecule has 0 bridgehead atoms. The number of carbonyl (C=O) groups excluding carboxylic acids is 1. The van der Waals surface area contributed by atoms with Gasteiger partial charge in [0.05, 0.1) is 22.4 Å². The molecule has 0 aliphatic rings. The minimum Gasteiger partial charge on any atom is -0.487 e. The second-order valence-electron chi connectivity index (χ2n) is 5.63. The Balaban J connectivity index is 1.51. The molecule has 0 saturated heterocycles. The zero-order valence-electron chi connectivity index (χ0n) is 13.8. The van der Waals surface area contributed by atoms with Gasteiger partial charge in [-0.05, 0) is 42.5 Å². The molecule has 4 aromatic rings. The third kappa shape index (κ3) is 3.55. The Bertz CT molecular complexity index is 1040. The summed E-state index contributed by atoms with van der Waals surface area (Å²) in [6.07, 6.45) is 1.73. The van der Waals surface area contributed by atoms with Gasteiger partial charge in [0.1, 0.15) is 12.4 Å². The van der Waals surface area contributed by atoms with Crippen LogP contribution in [0, 0.1) is 0 Å². The number of pyridine rings is 1. The lowest BCUT2D eigenvalue weighted by Crippen LogP contribution is -2.12. The lowest BCUT2D eigenvalue weighted by atomic mass is 10.1. The number of hydrogen-bond acceptors (Lipinski definition) is 5. The second kappa shape index (κ2) is 7.33. The van der Waals surface area contributed by atoms with Crippen molar-refractivity contribution >= 4 is 33.8 Å². The smallest absolute Gasteiger partial charge is 0.255 e. The van der Waals surface area contributed by atoms with Crippen LogP contribution in [-0.2, 0) is 6.61 Å². The number of thiazole rings is 1. The molecule has 0 aliphatic carbocycles. The van der Waals surface area contributed by atoms with Crippen molar-refractivity contribution in [3.63, 3.8) is 0 Å². The van der Waals surface area contributed by atoms with Gasteiger partial charge in [-0.1, -0.05) is 12.1 Å². The average Bonchev–Trinajstić information content (AvgIpc) is 3.20. The first-order valence-corrected chi connectivity index (χ1v) is 8.99. The molecule has 2 aromatic carbocycles. The van der Waals surface area contributed by atoms with Crippen molar-refractivity contribution in [2.24, 2.45) is 0 Å². The predicted octanol–water partition coefficient (Wildman–Crippen LogP) is 4.52. The maximum absolute atomic E-state index is 12.6. The minimum atomic E-state index is -0.194. The van der Waals surface area contributed by atoms with Gasteiger partial charge in [0.2, 0.25) is 0 Å². The van der Waals surface area contributed by atoms with E-state index in [1.165, 1.54) is 11.3 Å². The predicted molar refractivity (Wildman–Crippen MR) is 103 cm³/mol. The van der Waals surface area contributed by atoms with E-state index in [2.05, 4.69) is 15.3 Å². The topological polar surface area (TPSA) is 64.1 Å². The summed E-state index contributed by atoms with van der Waals surface area (Å²) in [5.41, 5.74) is 4.73. The van der Waals surface area contributed by atoms with Crippen molar-refractivity contribution in [3.8, 4) is 5.75 Å². The monoisotopic (exact) mass is 361 g/mol. The molecule has 0 unspecified atom stereocenters. The van der Waals surface area contributed by atoms with Crippen molar-refractivity contribution in [1.29, 1.82) is 0 Å². The number of hydrogen-bond donors (Lipinski definition) is 1. The maximum Gasteiger partial charge on any atom is 0.255 e. The standard InChI is InChI=1S/C20H15N3O2S/c24-20(23-19-8-2-7-18-17(19)6-3-9-21-18)14-4-1-5-16(10-14)25-11-15-12-26-13-22-15/h1-10,12-13H,11H2,(H,23,24).